The summed E-state index contributed by atoms with van der Waals surface area (Å²) in [6, 6.07) is 13.5. The quantitative estimate of drug-likeness (QED) is 0.832. The molecule has 0 aliphatic carbocycles. The van der Waals surface area contributed by atoms with E-state index in [-0.39, 0.29) is 12.5 Å². The van der Waals surface area contributed by atoms with Crippen LogP contribution in [0.5, 0.6) is 5.75 Å². The molecule has 0 aromatic heterocycles. The van der Waals surface area contributed by atoms with E-state index in [4.69, 9.17) is 4.74 Å². The molecule has 0 radical (unpaired) electrons. The Morgan fingerprint density at radius 1 is 1.14 bits per heavy atom. The molecular formula is C17H18BrNO2. The molecule has 0 aliphatic rings. The Morgan fingerprint density at radius 3 is 2.48 bits per heavy atom. The number of hydrogen-bond donors (Lipinski definition) is 0. The number of anilines is 1. The van der Waals surface area contributed by atoms with Crippen molar-refractivity contribution in [3.05, 3.63) is 58.1 Å². The van der Waals surface area contributed by atoms with Gasteiger partial charge in [0.25, 0.3) is 5.91 Å². The molecule has 0 saturated carbocycles. The number of nitrogens with zero attached hydrogens (tertiary/aromatic N) is 1. The number of aryl methyl sites for hydroxylation is 2. The zero-order valence-electron chi connectivity index (χ0n) is 12.4. The van der Waals surface area contributed by atoms with Gasteiger partial charge in [-0.2, -0.15) is 0 Å². The number of likely N-dealkylation sites (N-methyl/N-ethyl adjacent to an activating group) is 1. The maximum Gasteiger partial charge on any atom is 0.264 e. The first-order valence-electron chi connectivity index (χ1n) is 6.70. The van der Waals surface area contributed by atoms with Crippen LogP contribution in [0, 0.1) is 13.8 Å². The van der Waals surface area contributed by atoms with Crippen LogP contribution >= 0.6 is 15.9 Å². The lowest BCUT2D eigenvalue weighted by atomic mass is 10.1. The maximum atomic E-state index is 12.2. The van der Waals surface area contributed by atoms with E-state index in [9.17, 15) is 4.79 Å². The van der Waals surface area contributed by atoms with Gasteiger partial charge in [0.1, 0.15) is 5.75 Å². The number of para-hydroxylation sites is 1. The van der Waals surface area contributed by atoms with Crippen molar-refractivity contribution in [1.82, 2.24) is 0 Å². The van der Waals surface area contributed by atoms with Gasteiger partial charge in [-0.25, -0.2) is 0 Å². The molecule has 0 atom stereocenters. The molecule has 2 aromatic carbocycles. The second-order valence-electron chi connectivity index (χ2n) is 4.94. The fourth-order valence-electron chi connectivity index (χ4n) is 1.94. The van der Waals surface area contributed by atoms with E-state index in [0.717, 1.165) is 27.0 Å². The molecule has 2 aromatic rings. The smallest absolute Gasteiger partial charge is 0.264 e. The molecule has 0 unspecified atom stereocenters. The average molecular weight is 348 g/mol. The predicted octanol–water partition coefficient (Wildman–Crippen LogP) is 4.11. The molecule has 0 heterocycles. The molecule has 110 valence electrons. The lowest BCUT2D eigenvalue weighted by Gasteiger charge is -2.18. The molecule has 2 rings (SSSR count). The van der Waals surface area contributed by atoms with Crippen LogP contribution in [0.25, 0.3) is 0 Å². The van der Waals surface area contributed by atoms with Gasteiger partial charge in [-0.1, -0.05) is 34.1 Å². The van der Waals surface area contributed by atoms with E-state index in [2.05, 4.69) is 15.9 Å². The number of carbonyl (C=O) groups is 1. The maximum absolute atomic E-state index is 12.2. The molecule has 3 nitrogen and oxygen atoms in total. The largest absolute Gasteiger partial charge is 0.483 e. The Labute approximate surface area is 133 Å². The average Bonchev–Trinajstić information content (AvgIpc) is 2.49. The number of ether oxygens (including phenoxy) is 1. The molecule has 0 fully saturated rings. The number of benzene rings is 2. The van der Waals surface area contributed by atoms with Crippen molar-refractivity contribution < 1.29 is 9.53 Å². The summed E-state index contributed by atoms with van der Waals surface area (Å²) >= 11 is 3.48. The summed E-state index contributed by atoms with van der Waals surface area (Å²) < 4.78 is 6.71. The highest BCUT2D eigenvalue weighted by Crippen LogP contribution is 2.26. The zero-order valence-corrected chi connectivity index (χ0v) is 14.0. The zero-order chi connectivity index (χ0) is 15.4. The fraction of sp³-hybridized carbons (Fsp3) is 0.235. The van der Waals surface area contributed by atoms with Crippen molar-refractivity contribution in [3.63, 3.8) is 0 Å². The van der Waals surface area contributed by atoms with E-state index in [1.807, 2.05) is 56.3 Å². The highest BCUT2D eigenvalue weighted by atomic mass is 79.9. The Balaban J connectivity index is 2.03. The Kier molecular flexibility index (Phi) is 5.02. The third-order valence-electron chi connectivity index (χ3n) is 3.32. The summed E-state index contributed by atoms with van der Waals surface area (Å²) in [5.74, 6) is 0.659. The summed E-state index contributed by atoms with van der Waals surface area (Å²) in [6.45, 7) is 3.98. The van der Waals surface area contributed by atoms with Crippen molar-refractivity contribution in [2.75, 3.05) is 18.6 Å². The number of carbonyl (C=O) groups excluding carboxylic acids is 1. The van der Waals surface area contributed by atoms with E-state index in [1.54, 1.807) is 11.9 Å². The van der Waals surface area contributed by atoms with Crippen LogP contribution in [0.15, 0.2) is 46.9 Å². The molecule has 0 spiro atoms. The van der Waals surface area contributed by atoms with Crippen molar-refractivity contribution in [2.45, 2.75) is 13.8 Å². The summed E-state index contributed by atoms with van der Waals surface area (Å²) in [5.41, 5.74) is 2.94. The third kappa shape index (κ3) is 3.85. The van der Waals surface area contributed by atoms with Gasteiger partial charge >= 0.3 is 0 Å². The van der Waals surface area contributed by atoms with Gasteiger partial charge < -0.3 is 9.64 Å². The number of rotatable bonds is 4. The number of amides is 1. The van der Waals surface area contributed by atoms with Crippen LogP contribution in [-0.2, 0) is 4.79 Å². The molecule has 4 heteroatoms. The van der Waals surface area contributed by atoms with E-state index < -0.39 is 0 Å². The minimum Gasteiger partial charge on any atom is -0.483 e. The van der Waals surface area contributed by atoms with Crippen LogP contribution < -0.4 is 9.64 Å². The van der Waals surface area contributed by atoms with Gasteiger partial charge in [-0.15, -0.1) is 0 Å². The number of halogens is 1. The van der Waals surface area contributed by atoms with Crippen molar-refractivity contribution >= 4 is 27.5 Å². The van der Waals surface area contributed by atoms with Gasteiger partial charge in [0.15, 0.2) is 6.61 Å². The standard InChI is InChI=1S/C17H18BrNO2/c1-12-10-16(13(2)9-15(12)18)21-11-17(20)19(3)14-7-5-4-6-8-14/h4-10H,11H2,1-3H3. The van der Waals surface area contributed by atoms with Crippen LogP contribution in [-0.4, -0.2) is 19.6 Å². The topological polar surface area (TPSA) is 29.5 Å². The van der Waals surface area contributed by atoms with Gasteiger partial charge in [-0.3, -0.25) is 4.79 Å². The molecule has 0 aliphatic heterocycles. The second-order valence-corrected chi connectivity index (χ2v) is 5.80. The predicted molar refractivity (Wildman–Crippen MR) is 89.0 cm³/mol. The Morgan fingerprint density at radius 2 is 1.81 bits per heavy atom. The van der Waals surface area contributed by atoms with E-state index in [0.29, 0.717) is 0 Å². The van der Waals surface area contributed by atoms with Crippen molar-refractivity contribution in [3.8, 4) is 5.75 Å². The normalized spacial score (nSPS) is 10.3. The first-order chi connectivity index (χ1) is 9.99. The summed E-state index contributed by atoms with van der Waals surface area (Å²) in [4.78, 5) is 13.8. The lowest BCUT2D eigenvalue weighted by Crippen LogP contribution is -2.31. The van der Waals surface area contributed by atoms with Crippen molar-refractivity contribution in [2.24, 2.45) is 0 Å². The fourth-order valence-corrected chi connectivity index (χ4v) is 2.40. The Bertz CT molecular complexity index is 641. The monoisotopic (exact) mass is 347 g/mol. The first kappa shape index (κ1) is 15.6. The van der Waals surface area contributed by atoms with Crippen LogP contribution in [0.1, 0.15) is 11.1 Å². The molecule has 0 bridgehead atoms. The molecular weight excluding hydrogens is 330 g/mol. The second kappa shape index (κ2) is 6.76. The molecule has 0 saturated heterocycles. The molecule has 21 heavy (non-hydrogen) atoms. The lowest BCUT2D eigenvalue weighted by molar-refractivity contribution is -0.120. The minimum atomic E-state index is -0.0822. The first-order valence-corrected chi connectivity index (χ1v) is 7.49. The van der Waals surface area contributed by atoms with Crippen LogP contribution in [0.3, 0.4) is 0 Å². The summed E-state index contributed by atoms with van der Waals surface area (Å²) in [6.07, 6.45) is 0. The van der Waals surface area contributed by atoms with Crippen LogP contribution in [0.4, 0.5) is 5.69 Å². The molecule has 0 N–H and O–H groups in total. The highest BCUT2D eigenvalue weighted by molar-refractivity contribution is 9.10. The van der Waals surface area contributed by atoms with E-state index in [1.165, 1.54) is 0 Å². The van der Waals surface area contributed by atoms with Crippen molar-refractivity contribution in [1.29, 1.82) is 0 Å². The van der Waals surface area contributed by atoms with E-state index >= 15 is 0 Å². The SMILES string of the molecule is Cc1cc(OCC(=O)N(C)c2ccccc2)c(C)cc1Br. The highest BCUT2D eigenvalue weighted by Gasteiger charge is 2.12. The number of hydrogen-bond acceptors (Lipinski definition) is 2. The molecule has 1 amide bonds. The van der Waals surface area contributed by atoms with Gasteiger partial charge in [0.2, 0.25) is 0 Å². The summed E-state index contributed by atoms with van der Waals surface area (Å²) in [5, 5.41) is 0. The third-order valence-corrected chi connectivity index (χ3v) is 4.18. The Hall–Kier alpha value is -1.81. The summed E-state index contributed by atoms with van der Waals surface area (Å²) in [7, 11) is 1.75. The van der Waals surface area contributed by atoms with Gasteiger partial charge in [0.05, 0.1) is 0 Å². The van der Waals surface area contributed by atoms with Crippen LogP contribution in [0.2, 0.25) is 0 Å². The minimum absolute atomic E-state index is 0.0211. The van der Waals surface area contributed by atoms with Gasteiger partial charge in [0, 0.05) is 17.2 Å². The van der Waals surface area contributed by atoms with Gasteiger partial charge in [-0.05, 0) is 49.2 Å².